The minimum atomic E-state index is -3.03. The molecule has 0 spiro atoms. The van der Waals surface area contributed by atoms with E-state index in [1.165, 1.54) is 12.1 Å². The van der Waals surface area contributed by atoms with Crippen LogP contribution in [-0.2, 0) is 0 Å². The molecule has 1 atom stereocenters. The summed E-state index contributed by atoms with van der Waals surface area (Å²) in [6.07, 6.45) is 0.992. The minimum Gasteiger partial charge on any atom is -0.435 e. The molecule has 1 unspecified atom stereocenters. The van der Waals surface area contributed by atoms with Gasteiger partial charge in [0.15, 0.2) is 0 Å². The summed E-state index contributed by atoms with van der Waals surface area (Å²) in [5.41, 5.74) is 0.00388. The summed E-state index contributed by atoms with van der Waals surface area (Å²) in [5.74, 6) is -0.795. The molecule has 0 aliphatic carbocycles. The Kier molecular flexibility index (Phi) is 6.16. The number of urea groups is 1. The molecule has 0 bridgehead atoms. The Hall–Kier alpha value is -1.96. The van der Waals surface area contributed by atoms with Crippen LogP contribution in [0.5, 0.6) is 5.75 Å². The third-order valence-electron chi connectivity index (χ3n) is 4.20. The lowest BCUT2D eigenvalue weighted by atomic mass is 10.1. The van der Waals surface area contributed by atoms with Gasteiger partial charge in [0.25, 0.3) is 0 Å². The number of nitrogens with zero attached hydrogens (tertiary/aromatic N) is 1. The standard InChI is InChI=1S/C17H24F3N3O2/c1-17(2,3)23-7-6-11(10-23)9-21-16(24)22-14-5-4-12(8-13(14)18)25-15(19)20/h4-5,8,11,15H,6-7,9-10H2,1-3H3,(H2,21,22,24). The largest absolute Gasteiger partial charge is 0.435 e. The number of likely N-dealkylation sites (tertiary alicyclic amines) is 1. The van der Waals surface area contributed by atoms with Gasteiger partial charge in [-0.2, -0.15) is 8.78 Å². The summed E-state index contributed by atoms with van der Waals surface area (Å²) in [7, 11) is 0. The van der Waals surface area contributed by atoms with Gasteiger partial charge in [0.1, 0.15) is 11.6 Å². The van der Waals surface area contributed by atoms with E-state index in [9.17, 15) is 18.0 Å². The van der Waals surface area contributed by atoms with E-state index in [4.69, 9.17) is 0 Å². The highest BCUT2D eigenvalue weighted by atomic mass is 19.3. The van der Waals surface area contributed by atoms with Gasteiger partial charge in [-0.15, -0.1) is 0 Å². The van der Waals surface area contributed by atoms with Gasteiger partial charge in [-0.25, -0.2) is 9.18 Å². The van der Waals surface area contributed by atoms with Gasteiger partial charge in [0, 0.05) is 24.7 Å². The van der Waals surface area contributed by atoms with Gasteiger partial charge >= 0.3 is 12.6 Å². The lowest BCUT2D eigenvalue weighted by Gasteiger charge is -2.31. The van der Waals surface area contributed by atoms with Crippen LogP contribution in [0, 0.1) is 11.7 Å². The van der Waals surface area contributed by atoms with Crippen LogP contribution in [0.25, 0.3) is 0 Å². The maximum absolute atomic E-state index is 13.8. The number of benzene rings is 1. The average Bonchev–Trinajstić information content (AvgIpc) is 2.96. The van der Waals surface area contributed by atoms with Crippen LogP contribution in [0.3, 0.4) is 0 Å². The molecule has 8 heteroatoms. The molecule has 1 heterocycles. The molecule has 2 N–H and O–H groups in total. The monoisotopic (exact) mass is 359 g/mol. The molecule has 1 aromatic carbocycles. The summed E-state index contributed by atoms with van der Waals surface area (Å²) < 4.78 is 42.1. The molecule has 0 radical (unpaired) electrons. The lowest BCUT2D eigenvalue weighted by molar-refractivity contribution is -0.0499. The second-order valence-electron chi connectivity index (χ2n) is 7.13. The molecule has 1 aliphatic rings. The zero-order valence-corrected chi connectivity index (χ0v) is 14.6. The Morgan fingerprint density at radius 3 is 2.68 bits per heavy atom. The zero-order chi connectivity index (χ0) is 18.6. The van der Waals surface area contributed by atoms with Gasteiger partial charge < -0.3 is 15.4 Å². The van der Waals surface area contributed by atoms with Crippen LogP contribution in [0.4, 0.5) is 23.7 Å². The number of carbonyl (C=O) groups is 1. The van der Waals surface area contributed by atoms with Crippen molar-refractivity contribution in [1.29, 1.82) is 0 Å². The predicted molar refractivity (Wildman–Crippen MR) is 89.5 cm³/mol. The first kappa shape index (κ1) is 19.4. The highest BCUT2D eigenvalue weighted by molar-refractivity contribution is 5.89. The number of hydrogen-bond acceptors (Lipinski definition) is 3. The number of ether oxygens (including phenoxy) is 1. The van der Waals surface area contributed by atoms with E-state index in [0.29, 0.717) is 12.5 Å². The lowest BCUT2D eigenvalue weighted by Crippen LogP contribution is -2.40. The first-order valence-electron chi connectivity index (χ1n) is 8.19. The first-order chi connectivity index (χ1) is 11.6. The average molecular weight is 359 g/mol. The van der Waals surface area contributed by atoms with Crippen LogP contribution < -0.4 is 15.4 Å². The molecule has 2 amide bonds. The van der Waals surface area contributed by atoms with Crippen LogP contribution in [0.2, 0.25) is 0 Å². The number of amides is 2. The molecule has 2 rings (SSSR count). The number of alkyl halides is 2. The van der Waals surface area contributed by atoms with Crippen molar-refractivity contribution >= 4 is 11.7 Å². The number of anilines is 1. The van der Waals surface area contributed by atoms with Crippen molar-refractivity contribution < 1.29 is 22.7 Å². The van der Waals surface area contributed by atoms with Crippen molar-refractivity contribution in [2.75, 3.05) is 25.0 Å². The van der Waals surface area contributed by atoms with Crippen molar-refractivity contribution in [3.63, 3.8) is 0 Å². The predicted octanol–water partition coefficient (Wildman–Crippen LogP) is 3.67. The number of rotatable bonds is 5. The number of nitrogens with one attached hydrogen (secondary N) is 2. The van der Waals surface area contributed by atoms with Crippen LogP contribution in [0.1, 0.15) is 27.2 Å². The van der Waals surface area contributed by atoms with E-state index in [0.717, 1.165) is 25.6 Å². The molecule has 0 saturated carbocycles. The van der Waals surface area contributed by atoms with Crippen molar-refractivity contribution in [2.45, 2.75) is 39.3 Å². The number of hydrogen-bond donors (Lipinski definition) is 2. The zero-order valence-electron chi connectivity index (χ0n) is 14.6. The van der Waals surface area contributed by atoms with E-state index in [2.05, 4.69) is 41.0 Å². The van der Waals surface area contributed by atoms with Crippen molar-refractivity contribution in [1.82, 2.24) is 10.2 Å². The summed E-state index contributed by atoms with van der Waals surface area (Å²) in [4.78, 5) is 14.3. The number of carbonyl (C=O) groups excluding carboxylic acids is 1. The molecule has 1 aliphatic heterocycles. The van der Waals surface area contributed by atoms with Crippen molar-refractivity contribution in [3.05, 3.63) is 24.0 Å². The van der Waals surface area contributed by atoms with Crippen molar-refractivity contribution in [2.24, 2.45) is 5.92 Å². The molecule has 5 nitrogen and oxygen atoms in total. The van der Waals surface area contributed by atoms with Crippen LogP contribution >= 0.6 is 0 Å². The molecule has 25 heavy (non-hydrogen) atoms. The smallest absolute Gasteiger partial charge is 0.387 e. The molecular weight excluding hydrogens is 335 g/mol. The summed E-state index contributed by atoms with van der Waals surface area (Å²) in [6, 6.07) is 2.63. The third-order valence-corrected chi connectivity index (χ3v) is 4.20. The van der Waals surface area contributed by atoms with Crippen LogP contribution in [-0.4, -0.2) is 42.7 Å². The Morgan fingerprint density at radius 2 is 2.12 bits per heavy atom. The van der Waals surface area contributed by atoms with Gasteiger partial charge in [-0.1, -0.05) is 0 Å². The molecule has 1 fully saturated rings. The maximum atomic E-state index is 13.8. The fourth-order valence-electron chi connectivity index (χ4n) is 2.79. The van der Waals surface area contributed by atoms with E-state index >= 15 is 0 Å². The second-order valence-corrected chi connectivity index (χ2v) is 7.13. The van der Waals surface area contributed by atoms with Gasteiger partial charge in [0.2, 0.25) is 0 Å². The summed E-state index contributed by atoms with van der Waals surface area (Å²) in [6.45, 7) is 5.81. The first-order valence-corrected chi connectivity index (χ1v) is 8.19. The molecule has 1 aromatic rings. The molecule has 1 saturated heterocycles. The maximum Gasteiger partial charge on any atom is 0.387 e. The van der Waals surface area contributed by atoms with E-state index in [1.54, 1.807) is 0 Å². The van der Waals surface area contributed by atoms with Gasteiger partial charge in [-0.3, -0.25) is 4.90 Å². The minimum absolute atomic E-state index is 0.0955. The van der Waals surface area contributed by atoms with E-state index < -0.39 is 18.5 Å². The Bertz CT molecular complexity index is 605. The van der Waals surface area contributed by atoms with E-state index in [-0.39, 0.29) is 17.0 Å². The summed E-state index contributed by atoms with van der Waals surface area (Å²) >= 11 is 0. The highest BCUT2D eigenvalue weighted by Gasteiger charge is 2.30. The highest BCUT2D eigenvalue weighted by Crippen LogP contribution is 2.24. The quantitative estimate of drug-likeness (QED) is 0.843. The fourth-order valence-corrected chi connectivity index (χ4v) is 2.79. The Balaban J connectivity index is 1.81. The number of halogens is 3. The molecular formula is C17H24F3N3O2. The van der Waals surface area contributed by atoms with Crippen molar-refractivity contribution in [3.8, 4) is 5.75 Å². The second kappa shape index (κ2) is 7.95. The van der Waals surface area contributed by atoms with Gasteiger partial charge in [-0.05, 0) is 51.8 Å². The third kappa shape index (κ3) is 5.81. The fraction of sp³-hybridized carbons (Fsp3) is 0.588. The molecule has 140 valence electrons. The SMILES string of the molecule is CC(C)(C)N1CCC(CNC(=O)Nc2ccc(OC(F)F)cc2F)C1. The topological polar surface area (TPSA) is 53.6 Å². The Labute approximate surface area is 145 Å². The normalized spacial score (nSPS) is 18.4. The van der Waals surface area contributed by atoms with E-state index in [1.807, 2.05) is 0 Å². The van der Waals surface area contributed by atoms with Crippen LogP contribution in [0.15, 0.2) is 18.2 Å². The Morgan fingerprint density at radius 1 is 1.40 bits per heavy atom. The van der Waals surface area contributed by atoms with Gasteiger partial charge in [0.05, 0.1) is 5.69 Å². The molecule has 0 aromatic heterocycles. The summed E-state index contributed by atoms with van der Waals surface area (Å²) in [5, 5.41) is 5.10.